The van der Waals surface area contributed by atoms with Crippen LogP contribution in [0.15, 0.2) is 48.0 Å². The maximum Gasteiger partial charge on any atom is 0.295 e. The van der Waals surface area contributed by atoms with E-state index in [9.17, 15) is 14.7 Å². The predicted octanol–water partition coefficient (Wildman–Crippen LogP) is 4.12. The molecule has 30 heavy (non-hydrogen) atoms. The fraction of sp³-hybridized carbons (Fsp3) is 0.304. The van der Waals surface area contributed by atoms with Crippen LogP contribution in [0, 0.1) is 6.92 Å². The topological polar surface area (TPSA) is 76.1 Å². The number of rotatable bonds is 7. The van der Waals surface area contributed by atoms with E-state index in [1.807, 2.05) is 31.2 Å². The molecule has 0 aromatic heterocycles. The molecule has 0 saturated carbocycles. The molecule has 1 heterocycles. The minimum Gasteiger partial charge on any atom is -0.507 e. The number of Topliss-reactive ketones (excluding diaryl/α,β-unsaturated/α-hetero) is 1. The molecule has 0 spiro atoms. The van der Waals surface area contributed by atoms with Gasteiger partial charge in [-0.2, -0.15) is 0 Å². The highest BCUT2D eigenvalue weighted by Gasteiger charge is 2.45. The molecule has 1 N–H and O–H groups in total. The molecule has 1 fully saturated rings. The van der Waals surface area contributed by atoms with Gasteiger partial charge in [-0.05, 0) is 37.1 Å². The van der Waals surface area contributed by atoms with E-state index in [1.165, 1.54) is 12.0 Å². The number of hydrogen-bond acceptors (Lipinski definition) is 5. The molecule has 2 aromatic carbocycles. The van der Waals surface area contributed by atoms with E-state index in [0.29, 0.717) is 35.9 Å². The van der Waals surface area contributed by atoms with E-state index >= 15 is 0 Å². The normalized spacial score (nSPS) is 18.1. The summed E-state index contributed by atoms with van der Waals surface area (Å²) in [7, 11) is 3.05. The minimum absolute atomic E-state index is 0.0485. The third-order valence-corrected chi connectivity index (χ3v) is 5.38. The molecule has 3 rings (SSSR count). The van der Waals surface area contributed by atoms with Gasteiger partial charge < -0.3 is 19.5 Å². The number of likely N-dealkylation sites (tertiary alicyclic amines) is 1. The smallest absolute Gasteiger partial charge is 0.295 e. The number of ketones is 1. The Morgan fingerprint density at radius 2 is 1.93 bits per heavy atom. The summed E-state index contributed by atoms with van der Waals surface area (Å²) in [4.78, 5) is 27.3. The second-order valence-corrected chi connectivity index (χ2v) is 7.51. The second-order valence-electron chi connectivity index (χ2n) is 7.10. The molecular weight excluding hydrogens is 406 g/mol. The van der Waals surface area contributed by atoms with Gasteiger partial charge in [-0.1, -0.05) is 41.4 Å². The fourth-order valence-electron chi connectivity index (χ4n) is 3.64. The second kappa shape index (κ2) is 9.32. The maximum absolute atomic E-state index is 13.0. The average Bonchev–Trinajstić information content (AvgIpc) is 2.99. The van der Waals surface area contributed by atoms with Crippen LogP contribution in [0.25, 0.3) is 5.76 Å². The summed E-state index contributed by atoms with van der Waals surface area (Å²) in [6.45, 7) is 2.72. The van der Waals surface area contributed by atoms with Gasteiger partial charge in [-0.3, -0.25) is 9.59 Å². The number of methoxy groups -OCH3 is 2. The van der Waals surface area contributed by atoms with E-state index in [1.54, 1.807) is 25.3 Å². The van der Waals surface area contributed by atoms with Crippen LogP contribution in [0.1, 0.15) is 29.2 Å². The Kier molecular flexibility index (Phi) is 6.80. The fourth-order valence-corrected chi connectivity index (χ4v) is 3.83. The highest BCUT2D eigenvalue weighted by Crippen LogP contribution is 2.40. The van der Waals surface area contributed by atoms with Crippen molar-refractivity contribution in [2.75, 3.05) is 27.4 Å². The van der Waals surface area contributed by atoms with E-state index in [-0.39, 0.29) is 11.3 Å². The lowest BCUT2D eigenvalue weighted by atomic mass is 9.94. The van der Waals surface area contributed by atoms with Crippen LogP contribution in [-0.4, -0.2) is 49.1 Å². The summed E-state index contributed by atoms with van der Waals surface area (Å²) in [5, 5.41) is 11.4. The summed E-state index contributed by atoms with van der Waals surface area (Å²) in [5.74, 6) is -1.25. The number of amides is 1. The standard InChI is InChI=1S/C23H24ClNO5/c1-14-6-4-7-15(12-14)20-19(22(27)23(28)25(20)10-5-11-29-2)21(26)16-8-9-17(24)18(13-16)30-3/h4,6-9,12-13,20,26H,5,10-11H2,1-3H3/b21-19-. The summed E-state index contributed by atoms with van der Waals surface area (Å²) >= 11 is 6.08. The third-order valence-electron chi connectivity index (χ3n) is 5.07. The van der Waals surface area contributed by atoms with Gasteiger partial charge in [0.05, 0.1) is 23.7 Å². The third kappa shape index (κ3) is 4.20. The lowest BCUT2D eigenvalue weighted by molar-refractivity contribution is -0.140. The van der Waals surface area contributed by atoms with Crippen LogP contribution >= 0.6 is 11.6 Å². The van der Waals surface area contributed by atoms with Gasteiger partial charge in [-0.25, -0.2) is 0 Å². The molecule has 0 bridgehead atoms. The highest BCUT2D eigenvalue weighted by molar-refractivity contribution is 6.46. The van der Waals surface area contributed by atoms with Gasteiger partial charge in [0, 0.05) is 25.8 Å². The summed E-state index contributed by atoms with van der Waals surface area (Å²) in [6.07, 6.45) is 0.570. The van der Waals surface area contributed by atoms with Crippen molar-refractivity contribution in [1.82, 2.24) is 4.90 Å². The molecule has 6 nitrogen and oxygen atoms in total. The first-order chi connectivity index (χ1) is 14.4. The summed E-state index contributed by atoms with van der Waals surface area (Å²) in [5.41, 5.74) is 2.15. The molecule has 0 aliphatic carbocycles. The molecule has 1 unspecified atom stereocenters. The van der Waals surface area contributed by atoms with Crippen molar-refractivity contribution in [1.29, 1.82) is 0 Å². The predicted molar refractivity (Wildman–Crippen MR) is 115 cm³/mol. The Balaban J connectivity index is 2.15. The van der Waals surface area contributed by atoms with Gasteiger partial charge in [-0.15, -0.1) is 0 Å². The van der Waals surface area contributed by atoms with Gasteiger partial charge >= 0.3 is 0 Å². The number of aliphatic hydroxyl groups is 1. The lowest BCUT2D eigenvalue weighted by Gasteiger charge is -2.25. The number of carbonyl (C=O) groups is 2. The zero-order chi connectivity index (χ0) is 21.8. The van der Waals surface area contributed by atoms with Crippen LogP contribution in [0.4, 0.5) is 0 Å². The lowest BCUT2D eigenvalue weighted by Crippen LogP contribution is -2.31. The quantitative estimate of drug-likeness (QED) is 0.310. The Labute approximate surface area is 180 Å². The molecule has 1 aliphatic heterocycles. The highest BCUT2D eigenvalue weighted by atomic mass is 35.5. The van der Waals surface area contributed by atoms with Gasteiger partial charge in [0.2, 0.25) is 0 Å². The molecule has 158 valence electrons. The van der Waals surface area contributed by atoms with Crippen molar-refractivity contribution in [2.24, 2.45) is 0 Å². The zero-order valence-electron chi connectivity index (χ0n) is 17.1. The monoisotopic (exact) mass is 429 g/mol. The van der Waals surface area contributed by atoms with Crippen molar-refractivity contribution in [3.8, 4) is 5.75 Å². The van der Waals surface area contributed by atoms with E-state index in [4.69, 9.17) is 21.1 Å². The molecular formula is C23H24ClNO5. The largest absolute Gasteiger partial charge is 0.507 e. The molecule has 1 atom stereocenters. The molecule has 1 saturated heterocycles. The summed E-state index contributed by atoms with van der Waals surface area (Å²) < 4.78 is 10.3. The molecule has 0 radical (unpaired) electrons. The van der Waals surface area contributed by atoms with Gasteiger partial charge in [0.25, 0.3) is 11.7 Å². The van der Waals surface area contributed by atoms with E-state index < -0.39 is 17.7 Å². The van der Waals surface area contributed by atoms with Crippen LogP contribution in [0.2, 0.25) is 5.02 Å². The maximum atomic E-state index is 13.0. The van der Waals surface area contributed by atoms with Crippen molar-refractivity contribution in [2.45, 2.75) is 19.4 Å². The first kappa shape index (κ1) is 21.9. The van der Waals surface area contributed by atoms with Gasteiger partial charge in [0.15, 0.2) is 0 Å². The van der Waals surface area contributed by atoms with E-state index in [2.05, 4.69) is 0 Å². The van der Waals surface area contributed by atoms with Crippen molar-refractivity contribution in [3.63, 3.8) is 0 Å². The SMILES string of the molecule is COCCCN1C(=O)C(=O)/C(=C(\O)c2ccc(Cl)c(OC)c2)C1c1cccc(C)c1. The molecule has 2 aromatic rings. The van der Waals surface area contributed by atoms with Crippen LogP contribution in [-0.2, 0) is 14.3 Å². The number of aryl methyl sites for hydroxylation is 1. The number of benzene rings is 2. The van der Waals surface area contributed by atoms with Crippen molar-refractivity contribution >= 4 is 29.1 Å². The van der Waals surface area contributed by atoms with Crippen LogP contribution in [0.5, 0.6) is 5.75 Å². The van der Waals surface area contributed by atoms with Gasteiger partial charge in [0.1, 0.15) is 11.5 Å². The minimum atomic E-state index is -0.717. The summed E-state index contributed by atoms with van der Waals surface area (Å²) in [6, 6.07) is 11.6. The number of ether oxygens (including phenoxy) is 2. The Bertz CT molecular complexity index is 1000. The Hall–Kier alpha value is -2.83. The number of carbonyl (C=O) groups excluding carboxylic acids is 2. The number of nitrogens with zero attached hydrogens (tertiary/aromatic N) is 1. The van der Waals surface area contributed by atoms with Crippen LogP contribution < -0.4 is 4.74 Å². The number of hydrogen-bond donors (Lipinski definition) is 1. The number of aliphatic hydroxyl groups excluding tert-OH is 1. The average molecular weight is 430 g/mol. The van der Waals surface area contributed by atoms with Crippen molar-refractivity contribution < 1.29 is 24.2 Å². The Morgan fingerprint density at radius 3 is 2.60 bits per heavy atom. The van der Waals surface area contributed by atoms with Crippen LogP contribution in [0.3, 0.4) is 0 Å². The molecule has 1 aliphatic rings. The Morgan fingerprint density at radius 1 is 1.17 bits per heavy atom. The number of halogens is 1. The van der Waals surface area contributed by atoms with E-state index in [0.717, 1.165) is 11.1 Å². The molecule has 7 heteroatoms. The van der Waals surface area contributed by atoms with Crippen molar-refractivity contribution in [3.05, 3.63) is 69.8 Å². The zero-order valence-corrected chi connectivity index (χ0v) is 17.9. The first-order valence-corrected chi connectivity index (χ1v) is 9.94. The first-order valence-electron chi connectivity index (χ1n) is 9.56. The molecule has 1 amide bonds.